The fraction of sp³-hybridized carbons (Fsp3) is 0.231. The van der Waals surface area contributed by atoms with Gasteiger partial charge in [0.15, 0.2) is 0 Å². The van der Waals surface area contributed by atoms with Crippen LogP contribution in [0.1, 0.15) is 15.9 Å². The molecule has 0 fully saturated rings. The van der Waals surface area contributed by atoms with Gasteiger partial charge in [0.1, 0.15) is 11.3 Å². The Balaban J connectivity index is 2.92. The average Bonchev–Trinajstić information content (AvgIpc) is 2.43. The van der Waals surface area contributed by atoms with Crippen molar-refractivity contribution in [2.45, 2.75) is 6.54 Å². The number of methoxy groups -OCH3 is 2. The van der Waals surface area contributed by atoms with Gasteiger partial charge < -0.3 is 14.8 Å². The van der Waals surface area contributed by atoms with Gasteiger partial charge in [-0.2, -0.15) is 0 Å². The van der Waals surface area contributed by atoms with Crippen molar-refractivity contribution >= 4 is 11.9 Å². The third kappa shape index (κ3) is 3.35. The van der Waals surface area contributed by atoms with E-state index in [2.05, 4.69) is 16.6 Å². The van der Waals surface area contributed by atoms with E-state index in [1.54, 1.807) is 18.2 Å². The Morgan fingerprint density at radius 3 is 2.67 bits per heavy atom. The van der Waals surface area contributed by atoms with Crippen LogP contribution in [0.4, 0.5) is 0 Å². The van der Waals surface area contributed by atoms with Crippen LogP contribution in [0.25, 0.3) is 0 Å². The van der Waals surface area contributed by atoms with Crippen LogP contribution in [0, 0.1) is 0 Å². The molecule has 1 amide bonds. The molecule has 5 nitrogen and oxygen atoms in total. The van der Waals surface area contributed by atoms with E-state index < -0.39 is 5.97 Å². The molecule has 0 spiro atoms. The molecule has 1 aromatic rings. The molecule has 0 aliphatic heterocycles. The van der Waals surface area contributed by atoms with E-state index >= 15 is 0 Å². The van der Waals surface area contributed by atoms with Crippen molar-refractivity contribution in [3.63, 3.8) is 0 Å². The number of nitrogens with one attached hydrogen (secondary N) is 1. The summed E-state index contributed by atoms with van der Waals surface area (Å²) in [4.78, 5) is 22.6. The quantitative estimate of drug-likeness (QED) is 0.630. The molecule has 5 heteroatoms. The van der Waals surface area contributed by atoms with Gasteiger partial charge in [-0.25, -0.2) is 4.79 Å². The van der Waals surface area contributed by atoms with Gasteiger partial charge in [-0.05, 0) is 23.8 Å². The summed E-state index contributed by atoms with van der Waals surface area (Å²) in [5.41, 5.74) is 1.09. The van der Waals surface area contributed by atoms with E-state index in [9.17, 15) is 9.59 Å². The summed E-state index contributed by atoms with van der Waals surface area (Å²) >= 11 is 0. The van der Waals surface area contributed by atoms with E-state index in [0.717, 1.165) is 5.56 Å². The van der Waals surface area contributed by atoms with Crippen molar-refractivity contribution in [1.82, 2.24) is 5.32 Å². The monoisotopic (exact) mass is 249 g/mol. The summed E-state index contributed by atoms with van der Waals surface area (Å²) in [7, 11) is 2.77. The van der Waals surface area contributed by atoms with Crippen LogP contribution in [0.5, 0.6) is 5.75 Å². The standard InChI is InChI=1S/C13H15NO4/c1-4-12(15)14-8-9-5-6-11(17-2)10(7-9)13(16)18-3/h4-7H,1,8H2,2-3H3,(H,14,15). The Labute approximate surface area is 105 Å². The van der Waals surface area contributed by atoms with Crippen LogP contribution < -0.4 is 10.1 Å². The molecule has 0 heterocycles. The zero-order valence-corrected chi connectivity index (χ0v) is 10.4. The van der Waals surface area contributed by atoms with Crippen molar-refractivity contribution in [2.24, 2.45) is 0 Å². The topological polar surface area (TPSA) is 64.6 Å². The first-order valence-corrected chi connectivity index (χ1v) is 5.28. The Bertz CT molecular complexity index is 468. The summed E-state index contributed by atoms with van der Waals surface area (Å²) in [6.45, 7) is 3.66. The highest BCUT2D eigenvalue weighted by Gasteiger charge is 2.13. The van der Waals surface area contributed by atoms with E-state index in [1.165, 1.54) is 20.3 Å². The molecule has 0 aliphatic carbocycles. The summed E-state index contributed by atoms with van der Waals surface area (Å²) < 4.78 is 9.72. The highest BCUT2D eigenvalue weighted by Crippen LogP contribution is 2.20. The fourth-order valence-corrected chi connectivity index (χ4v) is 1.40. The second kappa shape index (κ2) is 6.44. The molecule has 0 unspecified atom stereocenters. The van der Waals surface area contributed by atoms with Gasteiger partial charge in [0, 0.05) is 6.54 Å². The minimum atomic E-state index is -0.483. The summed E-state index contributed by atoms with van der Waals surface area (Å²) in [5, 5.41) is 2.62. The molecule has 18 heavy (non-hydrogen) atoms. The van der Waals surface area contributed by atoms with Gasteiger partial charge in [0.2, 0.25) is 5.91 Å². The molecular weight excluding hydrogens is 234 g/mol. The summed E-state index contributed by atoms with van der Waals surface area (Å²) in [6.07, 6.45) is 1.19. The maximum atomic E-state index is 11.5. The number of rotatable bonds is 5. The molecule has 0 saturated heterocycles. The second-order valence-electron chi connectivity index (χ2n) is 3.45. The zero-order valence-electron chi connectivity index (χ0n) is 10.4. The predicted octanol–water partition coefficient (Wildman–Crippen LogP) is 1.28. The molecule has 1 aromatic carbocycles. The number of carbonyl (C=O) groups is 2. The number of hydrogen-bond acceptors (Lipinski definition) is 4. The van der Waals surface area contributed by atoms with Crippen LogP contribution in [0.2, 0.25) is 0 Å². The molecule has 1 N–H and O–H groups in total. The first-order valence-electron chi connectivity index (χ1n) is 5.28. The van der Waals surface area contributed by atoms with Crippen molar-refractivity contribution in [2.75, 3.05) is 14.2 Å². The Kier molecular flexibility index (Phi) is 4.92. The maximum Gasteiger partial charge on any atom is 0.341 e. The molecule has 0 aromatic heterocycles. The molecular formula is C13H15NO4. The molecule has 0 saturated carbocycles. The van der Waals surface area contributed by atoms with Gasteiger partial charge >= 0.3 is 5.97 Å². The van der Waals surface area contributed by atoms with E-state index in [4.69, 9.17) is 4.74 Å². The summed E-state index contributed by atoms with van der Waals surface area (Å²) in [6, 6.07) is 5.03. The number of carbonyl (C=O) groups excluding carboxylic acids is 2. The van der Waals surface area contributed by atoms with Crippen LogP contribution in [-0.2, 0) is 16.1 Å². The normalized spacial score (nSPS) is 9.44. The van der Waals surface area contributed by atoms with Crippen molar-refractivity contribution < 1.29 is 19.1 Å². The van der Waals surface area contributed by atoms with Gasteiger partial charge in [0.25, 0.3) is 0 Å². The molecule has 0 radical (unpaired) electrons. The number of esters is 1. The summed E-state index contributed by atoms with van der Waals surface area (Å²) in [5.74, 6) is -0.324. The van der Waals surface area contributed by atoms with Crippen molar-refractivity contribution in [3.8, 4) is 5.75 Å². The largest absolute Gasteiger partial charge is 0.496 e. The third-order valence-corrected chi connectivity index (χ3v) is 2.32. The van der Waals surface area contributed by atoms with E-state index in [0.29, 0.717) is 17.9 Å². The first-order chi connectivity index (χ1) is 8.62. The molecule has 96 valence electrons. The average molecular weight is 249 g/mol. The lowest BCUT2D eigenvalue weighted by atomic mass is 10.1. The number of ether oxygens (including phenoxy) is 2. The number of benzene rings is 1. The lowest BCUT2D eigenvalue weighted by Gasteiger charge is -2.09. The molecule has 0 bridgehead atoms. The highest BCUT2D eigenvalue weighted by molar-refractivity contribution is 5.92. The highest BCUT2D eigenvalue weighted by atomic mass is 16.5. The molecule has 1 rings (SSSR count). The van der Waals surface area contributed by atoms with Crippen molar-refractivity contribution in [3.05, 3.63) is 42.0 Å². The van der Waals surface area contributed by atoms with Crippen LogP contribution >= 0.6 is 0 Å². The minimum absolute atomic E-state index is 0.273. The van der Waals surface area contributed by atoms with E-state index in [-0.39, 0.29) is 5.91 Å². The predicted molar refractivity (Wildman–Crippen MR) is 66.4 cm³/mol. The van der Waals surface area contributed by atoms with Gasteiger partial charge in [0.05, 0.1) is 14.2 Å². The fourth-order valence-electron chi connectivity index (χ4n) is 1.40. The van der Waals surface area contributed by atoms with Gasteiger partial charge in [-0.1, -0.05) is 12.6 Å². The SMILES string of the molecule is C=CC(=O)NCc1ccc(OC)c(C(=O)OC)c1. The zero-order chi connectivity index (χ0) is 13.5. The number of amides is 1. The minimum Gasteiger partial charge on any atom is -0.496 e. The lowest BCUT2D eigenvalue weighted by Crippen LogP contribution is -2.20. The van der Waals surface area contributed by atoms with E-state index in [1.807, 2.05) is 0 Å². The Hall–Kier alpha value is -2.30. The lowest BCUT2D eigenvalue weighted by molar-refractivity contribution is -0.116. The van der Waals surface area contributed by atoms with Gasteiger partial charge in [-0.15, -0.1) is 0 Å². The smallest absolute Gasteiger partial charge is 0.341 e. The van der Waals surface area contributed by atoms with Gasteiger partial charge in [-0.3, -0.25) is 4.79 Å². The second-order valence-corrected chi connectivity index (χ2v) is 3.45. The Morgan fingerprint density at radius 1 is 1.39 bits per heavy atom. The first kappa shape index (κ1) is 13.8. The molecule has 0 atom stereocenters. The maximum absolute atomic E-state index is 11.5. The van der Waals surface area contributed by atoms with Crippen LogP contribution in [0.3, 0.4) is 0 Å². The van der Waals surface area contributed by atoms with Crippen LogP contribution in [0.15, 0.2) is 30.9 Å². The van der Waals surface area contributed by atoms with Crippen LogP contribution in [-0.4, -0.2) is 26.1 Å². The third-order valence-electron chi connectivity index (χ3n) is 2.32. The van der Waals surface area contributed by atoms with Crippen molar-refractivity contribution in [1.29, 1.82) is 0 Å². The Morgan fingerprint density at radius 2 is 2.11 bits per heavy atom. The molecule has 0 aliphatic rings. The number of hydrogen-bond donors (Lipinski definition) is 1.